The molecule has 1 aliphatic rings. The van der Waals surface area contributed by atoms with Gasteiger partial charge in [-0.15, -0.1) is 0 Å². The van der Waals surface area contributed by atoms with Crippen molar-refractivity contribution in [1.29, 1.82) is 0 Å². The lowest BCUT2D eigenvalue weighted by Crippen LogP contribution is -2.50. The third-order valence-corrected chi connectivity index (χ3v) is 2.87. The molecule has 0 atom stereocenters. The lowest BCUT2D eigenvalue weighted by atomic mass is 10.1. The number of hydrogen-bond donors (Lipinski definition) is 0. The third kappa shape index (κ3) is 2.91. The van der Waals surface area contributed by atoms with Crippen molar-refractivity contribution in [1.82, 2.24) is 4.90 Å². The SMILES string of the molecule is COCc1ccc(C(=O)N2CCOC(C)(C)C2)o1. The number of methoxy groups -OCH3 is 1. The normalized spacial score (nSPS) is 18.9. The molecule has 1 fully saturated rings. The quantitative estimate of drug-likeness (QED) is 0.822. The van der Waals surface area contributed by atoms with Crippen molar-refractivity contribution in [2.75, 3.05) is 26.8 Å². The molecule has 1 aromatic heterocycles. The van der Waals surface area contributed by atoms with Crippen LogP contribution in [0.3, 0.4) is 0 Å². The molecule has 5 nitrogen and oxygen atoms in total. The predicted octanol–water partition coefficient (Wildman–Crippen LogP) is 1.68. The van der Waals surface area contributed by atoms with Gasteiger partial charge in [-0.05, 0) is 26.0 Å². The molecule has 1 amide bonds. The average Bonchev–Trinajstić information content (AvgIpc) is 2.76. The number of amides is 1. The van der Waals surface area contributed by atoms with Gasteiger partial charge in [0.1, 0.15) is 12.4 Å². The minimum absolute atomic E-state index is 0.0891. The second-order valence-electron chi connectivity index (χ2n) is 5.03. The number of nitrogens with zero attached hydrogens (tertiary/aromatic N) is 1. The molecule has 5 heteroatoms. The van der Waals surface area contributed by atoms with Crippen molar-refractivity contribution in [3.05, 3.63) is 23.7 Å². The summed E-state index contributed by atoms with van der Waals surface area (Å²) in [6.45, 7) is 6.07. The van der Waals surface area contributed by atoms with Crippen LogP contribution < -0.4 is 0 Å². The van der Waals surface area contributed by atoms with Gasteiger partial charge in [-0.2, -0.15) is 0 Å². The van der Waals surface area contributed by atoms with Crippen molar-refractivity contribution in [3.8, 4) is 0 Å². The van der Waals surface area contributed by atoms with Crippen molar-refractivity contribution in [3.63, 3.8) is 0 Å². The van der Waals surface area contributed by atoms with Gasteiger partial charge < -0.3 is 18.8 Å². The van der Waals surface area contributed by atoms with E-state index in [1.807, 2.05) is 13.8 Å². The van der Waals surface area contributed by atoms with Crippen LogP contribution in [0.2, 0.25) is 0 Å². The first kappa shape index (κ1) is 13.1. The zero-order chi connectivity index (χ0) is 13.2. The third-order valence-electron chi connectivity index (χ3n) is 2.87. The minimum atomic E-state index is -0.296. The first-order chi connectivity index (χ1) is 8.52. The summed E-state index contributed by atoms with van der Waals surface area (Å²) in [6.07, 6.45) is 0. The minimum Gasteiger partial charge on any atom is -0.453 e. The van der Waals surface area contributed by atoms with Crippen LogP contribution in [0.4, 0.5) is 0 Å². The lowest BCUT2D eigenvalue weighted by molar-refractivity contribution is -0.0769. The Hall–Kier alpha value is -1.33. The van der Waals surface area contributed by atoms with E-state index < -0.39 is 0 Å². The van der Waals surface area contributed by atoms with E-state index in [1.165, 1.54) is 0 Å². The van der Waals surface area contributed by atoms with Crippen molar-refractivity contribution < 1.29 is 18.7 Å². The second kappa shape index (κ2) is 5.12. The number of carbonyl (C=O) groups excluding carboxylic acids is 1. The van der Waals surface area contributed by atoms with Gasteiger partial charge in [0.05, 0.1) is 12.2 Å². The zero-order valence-corrected chi connectivity index (χ0v) is 11.1. The Morgan fingerprint density at radius 3 is 2.94 bits per heavy atom. The summed E-state index contributed by atoms with van der Waals surface area (Å²) in [5.74, 6) is 0.932. The van der Waals surface area contributed by atoms with E-state index >= 15 is 0 Å². The molecule has 0 bridgehead atoms. The largest absolute Gasteiger partial charge is 0.453 e. The molecular formula is C13H19NO4. The van der Waals surface area contributed by atoms with Gasteiger partial charge in [0, 0.05) is 20.2 Å². The molecule has 100 valence electrons. The van der Waals surface area contributed by atoms with E-state index in [9.17, 15) is 4.79 Å². The van der Waals surface area contributed by atoms with E-state index in [1.54, 1.807) is 24.1 Å². The second-order valence-corrected chi connectivity index (χ2v) is 5.03. The Balaban J connectivity index is 2.05. The number of hydrogen-bond acceptors (Lipinski definition) is 4. The van der Waals surface area contributed by atoms with E-state index in [2.05, 4.69) is 0 Å². The van der Waals surface area contributed by atoms with Gasteiger partial charge in [0.15, 0.2) is 5.76 Å². The van der Waals surface area contributed by atoms with Crippen LogP contribution >= 0.6 is 0 Å². The fraction of sp³-hybridized carbons (Fsp3) is 0.615. The molecule has 0 N–H and O–H groups in total. The Bertz CT molecular complexity index is 424. The number of morpholine rings is 1. The fourth-order valence-electron chi connectivity index (χ4n) is 2.06. The summed E-state index contributed by atoms with van der Waals surface area (Å²) in [6, 6.07) is 3.46. The number of furan rings is 1. The highest BCUT2D eigenvalue weighted by molar-refractivity contribution is 5.91. The smallest absolute Gasteiger partial charge is 0.289 e. The summed E-state index contributed by atoms with van der Waals surface area (Å²) in [5.41, 5.74) is -0.296. The molecule has 0 radical (unpaired) electrons. The summed E-state index contributed by atoms with van der Waals surface area (Å²) in [7, 11) is 1.59. The van der Waals surface area contributed by atoms with Crippen LogP contribution in [-0.2, 0) is 16.1 Å². The van der Waals surface area contributed by atoms with Gasteiger partial charge in [0.25, 0.3) is 5.91 Å². The number of carbonyl (C=O) groups is 1. The highest BCUT2D eigenvalue weighted by Crippen LogP contribution is 2.19. The molecule has 2 rings (SSSR count). The Kier molecular flexibility index (Phi) is 3.73. The van der Waals surface area contributed by atoms with E-state index in [0.29, 0.717) is 37.8 Å². The molecule has 0 saturated carbocycles. The van der Waals surface area contributed by atoms with Gasteiger partial charge in [-0.1, -0.05) is 0 Å². The highest BCUT2D eigenvalue weighted by Gasteiger charge is 2.31. The highest BCUT2D eigenvalue weighted by atomic mass is 16.5. The molecule has 0 unspecified atom stereocenters. The average molecular weight is 253 g/mol. The topological polar surface area (TPSA) is 51.9 Å². The summed E-state index contributed by atoms with van der Waals surface area (Å²) in [4.78, 5) is 14.0. The number of rotatable bonds is 3. The monoisotopic (exact) mass is 253 g/mol. The van der Waals surface area contributed by atoms with Crippen LogP contribution in [0.25, 0.3) is 0 Å². The molecule has 0 spiro atoms. The Labute approximate surface area is 107 Å². The summed E-state index contributed by atoms with van der Waals surface area (Å²) < 4.78 is 16.0. The van der Waals surface area contributed by atoms with E-state index in [-0.39, 0.29) is 11.5 Å². The van der Waals surface area contributed by atoms with Crippen molar-refractivity contribution in [2.24, 2.45) is 0 Å². The van der Waals surface area contributed by atoms with Crippen LogP contribution in [0.1, 0.15) is 30.2 Å². The first-order valence-corrected chi connectivity index (χ1v) is 6.03. The molecule has 1 aliphatic heterocycles. The number of ether oxygens (including phenoxy) is 2. The maximum atomic E-state index is 12.2. The van der Waals surface area contributed by atoms with Gasteiger partial charge in [-0.25, -0.2) is 0 Å². The molecule has 1 aromatic rings. The molecule has 0 aromatic carbocycles. The van der Waals surface area contributed by atoms with Gasteiger partial charge >= 0.3 is 0 Å². The molecule has 18 heavy (non-hydrogen) atoms. The molecule has 2 heterocycles. The van der Waals surface area contributed by atoms with E-state index in [0.717, 1.165) is 0 Å². The van der Waals surface area contributed by atoms with Crippen LogP contribution in [0.5, 0.6) is 0 Å². The summed E-state index contributed by atoms with van der Waals surface area (Å²) >= 11 is 0. The van der Waals surface area contributed by atoms with Crippen LogP contribution in [-0.4, -0.2) is 43.2 Å². The standard InChI is InChI=1S/C13H19NO4/c1-13(2)9-14(6-7-17-13)12(15)11-5-4-10(18-11)8-16-3/h4-5H,6-9H2,1-3H3. The molecular weight excluding hydrogens is 234 g/mol. The Morgan fingerprint density at radius 1 is 1.50 bits per heavy atom. The molecule has 1 saturated heterocycles. The first-order valence-electron chi connectivity index (χ1n) is 6.03. The van der Waals surface area contributed by atoms with Gasteiger partial charge in [0.2, 0.25) is 0 Å². The Morgan fingerprint density at radius 2 is 2.28 bits per heavy atom. The molecule has 0 aliphatic carbocycles. The van der Waals surface area contributed by atoms with Crippen molar-refractivity contribution in [2.45, 2.75) is 26.1 Å². The van der Waals surface area contributed by atoms with Gasteiger partial charge in [-0.3, -0.25) is 4.79 Å². The fourth-order valence-corrected chi connectivity index (χ4v) is 2.06. The maximum Gasteiger partial charge on any atom is 0.289 e. The zero-order valence-electron chi connectivity index (χ0n) is 11.1. The summed E-state index contributed by atoms with van der Waals surface area (Å²) in [5, 5.41) is 0. The van der Waals surface area contributed by atoms with Crippen LogP contribution in [0, 0.1) is 0 Å². The van der Waals surface area contributed by atoms with E-state index in [4.69, 9.17) is 13.9 Å². The lowest BCUT2D eigenvalue weighted by Gasteiger charge is -2.37. The predicted molar refractivity (Wildman–Crippen MR) is 65.4 cm³/mol. The maximum absolute atomic E-state index is 12.2. The van der Waals surface area contributed by atoms with Crippen molar-refractivity contribution >= 4 is 5.91 Å². The van der Waals surface area contributed by atoms with Crippen LogP contribution in [0.15, 0.2) is 16.5 Å².